The van der Waals surface area contributed by atoms with Crippen molar-refractivity contribution >= 4 is 39.2 Å². The van der Waals surface area contributed by atoms with Gasteiger partial charge in [0.25, 0.3) is 5.56 Å². The molecule has 0 aliphatic rings. The van der Waals surface area contributed by atoms with Crippen molar-refractivity contribution in [1.29, 1.82) is 0 Å². The van der Waals surface area contributed by atoms with Crippen LogP contribution in [0.25, 0.3) is 27.5 Å². The van der Waals surface area contributed by atoms with Crippen LogP contribution in [0.2, 0.25) is 5.02 Å². The van der Waals surface area contributed by atoms with E-state index < -0.39 is 0 Å². The number of anilines is 1. The zero-order valence-corrected chi connectivity index (χ0v) is 23.1. The Labute approximate surface area is 230 Å². The molecule has 0 bridgehead atoms. The van der Waals surface area contributed by atoms with Crippen molar-refractivity contribution < 1.29 is 18.9 Å². The molecule has 2 heterocycles. The smallest absolute Gasteiger partial charge is 0.264 e. The third-order valence-electron chi connectivity index (χ3n) is 6.45. The highest BCUT2D eigenvalue weighted by Crippen LogP contribution is 2.38. The molecule has 10 heteroatoms. The van der Waals surface area contributed by atoms with Crippen LogP contribution < -0.4 is 30.2 Å². The molecule has 9 nitrogen and oxygen atoms in total. The highest BCUT2D eigenvalue weighted by atomic mass is 35.5. The molecule has 3 aromatic carbocycles. The van der Waals surface area contributed by atoms with E-state index in [0.717, 1.165) is 11.3 Å². The highest BCUT2D eigenvalue weighted by molar-refractivity contribution is 6.32. The van der Waals surface area contributed by atoms with E-state index in [-0.39, 0.29) is 29.4 Å². The molecule has 5 rings (SSSR count). The van der Waals surface area contributed by atoms with Gasteiger partial charge < -0.3 is 29.2 Å². The molecule has 0 amide bonds. The maximum atomic E-state index is 14.1. The van der Waals surface area contributed by atoms with Gasteiger partial charge in [-0.2, -0.15) is 5.10 Å². The molecule has 0 aliphatic heterocycles. The Hall–Kier alpha value is -4.37. The highest BCUT2D eigenvalue weighted by Gasteiger charge is 2.23. The number of rotatable bonds is 8. The van der Waals surface area contributed by atoms with Gasteiger partial charge >= 0.3 is 0 Å². The van der Waals surface area contributed by atoms with E-state index in [0.29, 0.717) is 44.4 Å². The molecule has 0 unspecified atom stereocenters. The summed E-state index contributed by atoms with van der Waals surface area (Å²) in [5.41, 5.74) is 8.76. The van der Waals surface area contributed by atoms with Crippen LogP contribution in [-0.2, 0) is 6.54 Å². The molecule has 39 heavy (non-hydrogen) atoms. The minimum atomic E-state index is -0.295. The van der Waals surface area contributed by atoms with E-state index in [2.05, 4.69) is 0 Å². The van der Waals surface area contributed by atoms with Crippen LogP contribution in [0, 0.1) is 0 Å². The largest absolute Gasteiger partial charge is 0.497 e. The van der Waals surface area contributed by atoms with Gasteiger partial charge in [0.05, 0.1) is 50.2 Å². The van der Waals surface area contributed by atoms with Gasteiger partial charge in [0.15, 0.2) is 11.5 Å². The molecule has 202 valence electrons. The van der Waals surface area contributed by atoms with Gasteiger partial charge in [-0.3, -0.25) is 4.79 Å². The summed E-state index contributed by atoms with van der Waals surface area (Å²) in [5.74, 6) is 2.50. The SMILES string of the molecule is COc1ccc(Cn2c(=O)c3c(N)n(-c4cc(OC)ccc4Cl)nc3c3cc(OC)c(OC(C)C)cc32)cc1. The van der Waals surface area contributed by atoms with Crippen molar-refractivity contribution in [1.82, 2.24) is 14.3 Å². The molecular weight excluding hydrogens is 520 g/mol. The second kappa shape index (κ2) is 10.4. The van der Waals surface area contributed by atoms with E-state index in [1.165, 1.54) is 4.68 Å². The first-order valence-electron chi connectivity index (χ1n) is 12.3. The Morgan fingerprint density at radius 2 is 1.62 bits per heavy atom. The van der Waals surface area contributed by atoms with E-state index in [4.69, 9.17) is 41.4 Å². The lowest BCUT2D eigenvalue weighted by Gasteiger charge is -2.17. The number of nitrogens with two attached hydrogens (primary N) is 1. The first-order valence-corrected chi connectivity index (χ1v) is 12.7. The standard InChI is InChI=1S/C29H29ClN4O5/c1-16(2)39-25-14-22-20(13-24(25)38-5)27-26(29(35)33(22)15-17-6-8-18(36-3)9-7-17)28(31)34(32-27)23-12-19(37-4)10-11-21(23)30/h6-14,16H,15,31H2,1-5H3. The summed E-state index contributed by atoms with van der Waals surface area (Å²) in [6.45, 7) is 4.14. The zero-order chi connectivity index (χ0) is 27.8. The summed E-state index contributed by atoms with van der Waals surface area (Å²) in [6, 6.07) is 16.3. The van der Waals surface area contributed by atoms with Crippen LogP contribution in [0.5, 0.6) is 23.0 Å². The summed E-state index contributed by atoms with van der Waals surface area (Å²) in [6.07, 6.45) is -0.105. The first-order chi connectivity index (χ1) is 18.7. The van der Waals surface area contributed by atoms with Gasteiger partial charge in [-0.15, -0.1) is 0 Å². The lowest BCUT2D eigenvalue weighted by Crippen LogP contribution is -2.22. The number of nitrogens with zero attached hydrogens (tertiary/aromatic N) is 3. The van der Waals surface area contributed by atoms with Gasteiger partial charge in [0.2, 0.25) is 0 Å². The predicted molar refractivity (Wildman–Crippen MR) is 153 cm³/mol. The minimum Gasteiger partial charge on any atom is -0.497 e. The molecule has 5 aromatic rings. The van der Waals surface area contributed by atoms with Crippen LogP contribution in [0.1, 0.15) is 19.4 Å². The molecule has 2 N–H and O–H groups in total. The number of pyridine rings is 1. The Balaban J connectivity index is 1.84. The minimum absolute atomic E-state index is 0.105. The maximum absolute atomic E-state index is 14.1. The first kappa shape index (κ1) is 26.2. The van der Waals surface area contributed by atoms with Crippen molar-refractivity contribution in [2.45, 2.75) is 26.5 Å². The summed E-state index contributed by atoms with van der Waals surface area (Å²) in [5, 5.41) is 6.12. The average molecular weight is 549 g/mol. The fraction of sp³-hybridized carbons (Fsp3) is 0.241. The van der Waals surface area contributed by atoms with E-state index in [1.807, 2.05) is 50.2 Å². The van der Waals surface area contributed by atoms with Gasteiger partial charge in [-0.05, 0) is 49.7 Å². The maximum Gasteiger partial charge on any atom is 0.264 e. The number of ether oxygens (including phenoxy) is 4. The normalized spacial score (nSPS) is 11.4. The number of hydrogen-bond acceptors (Lipinski definition) is 7. The molecule has 0 atom stereocenters. The third-order valence-corrected chi connectivity index (χ3v) is 6.77. The monoisotopic (exact) mass is 548 g/mol. The molecule has 0 aliphatic carbocycles. The third kappa shape index (κ3) is 4.70. The molecule has 2 aromatic heterocycles. The second-order valence-electron chi connectivity index (χ2n) is 9.26. The van der Waals surface area contributed by atoms with Crippen LogP contribution in [0.3, 0.4) is 0 Å². The number of nitrogen functional groups attached to an aromatic ring is 1. The van der Waals surface area contributed by atoms with E-state index in [1.54, 1.807) is 44.1 Å². The van der Waals surface area contributed by atoms with Crippen LogP contribution in [-0.4, -0.2) is 41.8 Å². The second-order valence-corrected chi connectivity index (χ2v) is 9.67. The van der Waals surface area contributed by atoms with Crippen molar-refractivity contribution in [2.75, 3.05) is 27.1 Å². The van der Waals surface area contributed by atoms with Crippen LogP contribution in [0.4, 0.5) is 5.82 Å². The molecule has 0 spiro atoms. The molecule has 0 saturated carbocycles. The fourth-order valence-electron chi connectivity index (χ4n) is 4.58. The van der Waals surface area contributed by atoms with E-state index >= 15 is 0 Å². The van der Waals surface area contributed by atoms with Crippen molar-refractivity contribution in [3.05, 3.63) is 75.5 Å². The summed E-state index contributed by atoms with van der Waals surface area (Å²) >= 11 is 6.52. The number of fused-ring (bicyclic) bond motifs is 3. The lowest BCUT2D eigenvalue weighted by atomic mass is 10.1. The zero-order valence-electron chi connectivity index (χ0n) is 22.3. The molecule has 0 radical (unpaired) electrons. The number of benzene rings is 3. The summed E-state index contributed by atoms with van der Waals surface area (Å²) in [4.78, 5) is 14.1. The Kier molecular flexibility index (Phi) is 7.01. The topological polar surface area (TPSA) is 103 Å². The molecule has 0 saturated heterocycles. The summed E-state index contributed by atoms with van der Waals surface area (Å²) in [7, 11) is 4.74. The van der Waals surface area contributed by atoms with Crippen molar-refractivity contribution in [2.24, 2.45) is 0 Å². The van der Waals surface area contributed by atoms with Gasteiger partial charge in [-0.1, -0.05) is 23.7 Å². The average Bonchev–Trinajstić information content (AvgIpc) is 3.28. The predicted octanol–water partition coefficient (Wildman–Crippen LogP) is 5.44. The summed E-state index contributed by atoms with van der Waals surface area (Å²) < 4.78 is 25.5. The van der Waals surface area contributed by atoms with E-state index in [9.17, 15) is 4.79 Å². The number of aromatic nitrogens is 3. The number of methoxy groups -OCH3 is 3. The quantitative estimate of drug-likeness (QED) is 0.275. The van der Waals surface area contributed by atoms with Gasteiger partial charge in [-0.25, -0.2) is 4.68 Å². The molecular formula is C29H29ClN4O5. The van der Waals surface area contributed by atoms with Crippen LogP contribution >= 0.6 is 11.6 Å². The van der Waals surface area contributed by atoms with Crippen LogP contribution in [0.15, 0.2) is 59.4 Å². The number of hydrogen-bond donors (Lipinski definition) is 1. The number of halogens is 1. The Morgan fingerprint density at radius 1 is 0.923 bits per heavy atom. The Morgan fingerprint density at radius 3 is 2.26 bits per heavy atom. The van der Waals surface area contributed by atoms with Gasteiger partial charge in [0, 0.05) is 17.5 Å². The lowest BCUT2D eigenvalue weighted by molar-refractivity contribution is 0.230. The van der Waals surface area contributed by atoms with Crippen molar-refractivity contribution in [3.8, 4) is 28.7 Å². The molecule has 0 fully saturated rings. The Bertz CT molecular complexity index is 1740. The van der Waals surface area contributed by atoms with Gasteiger partial charge in [0.1, 0.15) is 28.2 Å². The van der Waals surface area contributed by atoms with Crippen molar-refractivity contribution in [3.63, 3.8) is 0 Å². The fourth-order valence-corrected chi connectivity index (χ4v) is 4.78.